The van der Waals surface area contributed by atoms with E-state index in [9.17, 15) is 0 Å². The number of anilines is 5. The molecule has 0 amide bonds. The summed E-state index contributed by atoms with van der Waals surface area (Å²) in [5, 5.41) is 7.14. The Bertz CT molecular complexity index is 1030. The van der Waals surface area contributed by atoms with E-state index in [1.54, 1.807) is 7.11 Å². The molecule has 0 atom stereocenters. The van der Waals surface area contributed by atoms with Crippen LogP contribution in [0.1, 0.15) is 5.56 Å². The molecule has 0 bridgehead atoms. The second-order valence-corrected chi connectivity index (χ2v) is 7.20. The van der Waals surface area contributed by atoms with Crippen molar-refractivity contribution in [1.82, 2.24) is 15.0 Å². The number of morpholine rings is 1. The summed E-state index contributed by atoms with van der Waals surface area (Å²) in [5.41, 5.74) is 2.57. The maximum atomic E-state index is 6.26. The van der Waals surface area contributed by atoms with Crippen LogP contribution in [0.15, 0.2) is 42.5 Å². The molecule has 2 aromatic carbocycles. The van der Waals surface area contributed by atoms with Crippen molar-refractivity contribution in [2.24, 2.45) is 0 Å². The molecule has 8 nitrogen and oxygen atoms in total. The van der Waals surface area contributed by atoms with E-state index in [1.165, 1.54) is 0 Å². The predicted molar refractivity (Wildman–Crippen MR) is 119 cm³/mol. The quantitative estimate of drug-likeness (QED) is 0.607. The Hall–Kier alpha value is -3.10. The van der Waals surface area contributed by atoms with Gasteiger partial charge in [0.1, 0.15) is 5.75 Å². The third kappa shape index (κ3) is 4.72. The Labute approximate surface area is 180 Å². The van der Waals surface area contributed by atoms with Crippen LogP contribution in [-0.2, 0) is 4.74 Å². The summed E-state index contributed by atoms with van der Waals surface area (Å²) >= 11 is 6.26. The number of hydrogen-bond acceptors (Lipinski definition) is 8. The Balaban J connectivity index is 1.67. The zero-order chi connectivity index (χ0) is 20.9. The van der Waals surface area contributed by atoms with Gasteiger partial charge in [-0.15, -0.1) is 0 Å². The van der Waals surface area contributed by atoms with E-state index in [0.29, 0.717) is 54.9 Å². The van der Waals surface area contributed by atoms with E-state index in [2.05, 4.69) is 30.5 Å². The number of halogens is 1. The number of benzene rings is 2. The van der Waals surface area contributed by atoms with Gasteiger partial charge in [0.2, 0.25) is 17.8 Å². The zero-order valence-electron chi connectivity index (χ0n) is 16.9. The minimum atomic E-state index is 0.414. The van der Waals surface area contributed by atoms with Gasteiger partial charge in [0.25, 0.3) is 0 Å². The van der Waals surface area contributed by atoms with E-state index >= 15 is 0 Å². The van der Waals surface area contributed by atoms with Crippen LogP contribution in [0.25, 0.3) is 0 Å². The highest BCUT2D eigenvalue weighted by atomic mass is 35.5. The molecule has 30 heavy (non-hydrogen) atoms. The lowest BCUT2D eigenvalue weighted by Gasteiger charge is -2.27. The molecule has 1 saturated heterocycles. The number of aromatic nitrogens is 3. The first-order chi connectivity index (χ1) is 14.6. The molecule has 0 saturated carbocycles. The highest BCUT2D eigenvalue weighted by Gasteiger charge is 2.17. The number of para-hydroxylation sites is 2. The van der Waals surface area contributed by atoms with Gasteiger partial charge in [-0.25, -0.2) is 0 Å². The van der Waals surface area contributed by atoms with Crippen LogP contribution in [-0.4, -0.2) is 48.4 Å². The lowest BCUT2D eigenvalue weighted by molar-refractivity contribution is 0.122. The van der Waals surface area contributed by atoms with Crippen molar-refractivity contribution in [2.45, 2.75) is 6.92 Å². The fourth-order valence-electron chi connectivity index (χ4n) is 3.05. The average Bonchev–Trinajstić information content (AvgIpc) is 2.77. The summed E-state index contributed by atoms with van der Waals surface area (Å²) in [6, 6.07) is 13.3. The minimum Gasteiger partial charge on any atom is -0.495 e. The van der Waals surface area contributed by atoms with Crippen molar-refractivity contribution in [2.75, 3.05) is 48.9 Å². The number of rotatable bonds is 6. The fourth-order valence-corrected chi connectivity index (χ4v) is 3.23. The van der Waals surface area contributed by atoms with Gasteiger partial charge < -0.3 is 25.0 Å². The van der Waals surface area contributed by atoms with Gasteiger partial charge in [-0.2, -0.15) is 15.0 Å². The van der Waals surface area contributed by atoms with E-state index in [0.717, 1.165) is 16.9 Å². The molecule has 1 fully saturated rings. The van der Waals surface area contributed by atoms with Crippen LogP contribution in [0.2, 0.25) is 5.02 Å². The summed E-state index contributed by atoms with van der Waals surface area (Å²) in [5.74, 6) is 2.11. The molecule has 1 aliphatic heterocycles. The molecule has 4 rings (SSSR count). The molecule has 1 aromatic heterocycles. The highest BCUT2D eigenvalue weighted by Crippen LogP contribution is 2.28. The molecule has 156 valence electrons. The molecule has 2 heterocycles. The van der Waals surface area contributed by atoms with Crippen molar-refractivity contribution < 1.29 is 9.47 Å². The van der Waals surface area contributed by atoms with Crippen LogP contribution in [0.4, 0.5) is 29.2 Å². The first-order valence-corrected chi connectivity index (χ1v) is 10.0. The van der Waals surface area contributed by atoms with Crippen LogP contribution >= 0.6 is 11.6 Å². The molecular weight excluding hydrogens is 404 g/mol. The van der Waals surface area contributed by atoms with Crippen molar-refractivity contribution in [3.05, 3.63) is 53.1 Å². The van der Waals surface area contributed by atoms with E-state index in [1.807, 2.05) is 49.4 Å². The molecule has 3 aromatic rings. The Morgan fingerprint density at radius 1 is 1.00 bits per heavy atom. The fraction of sp³-hybridized carbons (Fsp3) is 0.286. The first-order valence-electron chi connectivity index (χ1n) is 9.64. The zero-order valence-corrected chi connectivity index (χ0v) is 17.6. The van der Waals surface area contributed by atoms with Gasteiger partial charge in [0.05, 0.1) is 26.0 Å². The summed E-state index contributed by atoms with van der Waals surface area (Å²) in [4.78, 5) is 15.8. The van der Waals surface area contributed by atoms with E-state index in [-0.39, 0.29) is 0 Å². The standard InChI is InChI=1S/C21H23ClN6O2/c1-14-7-8-15(13-16(14)22)23-19-25-20(24-17-5-3-4-6-18(17)29-2)27-21(26-19)28-9-11-30-12-10-28/h3-8,13H,9-12H2,1-2H3,(H2,23,24,25,26,27). The number of hydrogen-bond donors (Lipinski definition) is 2. The second kappa shape index (κ2) is 9.15. The lowest BCUT2D eigenvalue weighted by atomic mass is 10.2. The summed E-state index contributed by atoms with van der Waals surface area (Å²) in [7, 11) is 1.63. The molecule has 2 N–H and O–H groups in total. The number of methoxy groups -OCH3 is 1. The maximum Gasteiger partial charge on any atom is 0.233 e. The molecular formula is C21H23ClN6O2. The Kier molecular flexibility index (Phi) is 6.15. The van der Waals surface area contributed by atoms with Gasteiger partial charge in [-0.3, -0.25) is 0 Å². The van der Waals surface area contributed by atoms with Crippen LogP contribution in [0, 0.1) is 6.92 Å². The topological polar surface area (TPSA) is 84.4 Å². The SMILES string of the molecule is COc1ccccc1Nc1nc(Nc2ccc(C)c(Cl)c2)nc(N2CCOCC2)n1. The highest BCUT2D eigenvalue weighted by molar-refractivity contribution is 6.31. The summed E-state index contributed by atoms with van der Waals surface area (Å²) < 4.78 is 10.9. The summed E-state index contributed by atoms with van der Waals surface area (Å²) in [6.07, 6.45) is 0. The van der Waals surface area contributed by atoms with Crippen LogP contribution in [0.5, 0.6) is 5.75 Å². The monoisotopic (exact) mass is 426 g/mol. The molecule has 0 unspecified atom stereocenters. The predicted octanol–water partition coefficient (Wildman–Crippen LogP) is 4.17. The molecule has 0 radical (unpaired) electrons. The third-order valence-corrected chi connectivity index (χ3v) is 5.11. The molecule has 0 spiro atoms. The normalized spacial score (nSPS) is 13.8. The Morgan fingerprint density at radius 3 is 2.47 bits per heavy atom. The number of nitrogens with zero attached hydrogens (tertiary/aromatic N) is 4. The van der Waals surface area contributed by atoms with Gasteiger partial charge in [0.15, 0.2) is 0 Å². The van der Waals surface area contributed by atoms with Gasteiger partial charge in [-0.05, 0) is 36.8 Å². The number of nitrogens with one attached hydrogen (secondary N) is 2. The van der Waals surface area contributed by atoms with Crippen molar-refractivity contribution in [3.8, 4) is 5.75 Å². The van der Waals surface area contributed by atoms with Crippen molar-refractivity contribution in [3.63, 3.8) is 0 Å². The van der Waals surface area contributed by atoms with Gasteiger partial charge in [-0.1, -0.05) is 29.8 Å². The summed E-state index contributed by atoms with van der Waals surface area (Å²) in [6.45, 7) is 4.66. The average molecular weight is 427 g/mol. The number of ether oxygens (including phenoxy) is 2. The van der Waals surface area contributed by atoms with Crippen molar-refractivity contribution >= 4 is 40.8 Å². The van der Waals surface area contributed by atoms with Crippen LogP contribution in [0.3, 0.4) is 0 Å². The van der Waals surface area contributed by atoms with Crippen LogP contribution < -0.4 is 20.3 Å². The Morgan fingerprint density at radius 2 is 1.73 bits per heavy atom. The molecule has 9 heteroatoms. The van der Waals surface area contributed by atoms with E-state index < -0.39 is 0 Å². The lowest BCUT2D eigenvalue weighted by Crippen LogP contribution is -2.37. The van der Waals surface area contributed by atoms with Gasteiger partial charge in [0, 0.05) is 23.8 Å². The number of aryl methyl sites for hydroxylation is 1. The maximum absolute atomic E-state index is 6.26. The first kappa shape index (κ1) is 20.2. The molecule has 0 aliphatic carbocycles. The second-order valence-electron chi connectivity index (χ2n) is 6.80. The van der Waals surface area contributed by atoms with Gasteiger partial charge >= 0.3 is 0 Å². The third-order valence-electron chi connectivity index (χ3n) is 4.70. The minimum absolute atomic E-state index is 0.414. The smallest absolute Gasteiger partial charge is 0.233 e. The van der Waals surface area contributed by atoms with Crippen molar-refractivity contribution in [1.29, 1.82) is 0 Å². The largest absolute Gasteiger partial charge is 0.495 e. The molecule has 1 aliphatic rings. The van der Waals surface area contributed by atoms with E-state index in [4.69, 9.17) is 21.1 Å².